The number of halogens is 2. The minimum atomic E-state index is -3.05. The molecule has 4 heterocycles. The second kappa shape index (κ2) is 6.00. The van der Waals surface area contributed by atoms with E-state index in [1.807, 2.05) is 0 Å². The maximum Gasteiger partial charge on any atom is 0.540 e. The van der Waals surface area contributed by atoms with E-state index >= 15 is 0 Å². The molecule has 4 rings (SSSR count). The molecule has 1 unspecified atom stereocenters. The van der Waals surface area contributed by atoms with Crippen LogP contribution in [0, 0.1) is 0 Å². The summed E-state index contributed by atoms with van der Waals surface area (Å²) in [6.07, 6.45) is 0. The monoisotopic (exact) mass is 431 g/mol. The highest BCUT2D eigenvalue weighted by molar-refractivity contribution is 8.02. The van der Waals surface area contributed by atoms with Crippen LogP contribution >= 0.6 is 51.7 Å². The van der Waals surface area contributed by atoms with Gasteiger partial charge in [-0.1, -0.05) is 0 Å². The van der Waals surface area contributed by atoms with Crippen LogP contribution in [0.2, 0.25) is 0 Å². The molecule has 4 atom stereocenters. The lowest BCUT2D eigenvalue weighted by atomic mass is 10.8. The highest BCUT2D eigenvalue weighted by Gasteiger charge is 2.57. The van der Waals surface area contributed by atoms with Crippen LogP contribution in [0.5, 0.6) is 0 Å². The Morgan fingerprint density at radius 1 is 0.773 bits per heavy atom. The van der Waals surface area contributed by atoms with Gasteiger partial charge in [0.05, 0.1) is 26.4 Å². The summed E-state index contributed by atoms with van der Waals surface area (Å²) in [4.78, 5) is 2.95. The molecule has 4 bridgehead atoms. The maximum atomic E-state index is 6.52. The van der Waals surface area contributed by atoms with Crippen LogP contribution in [0.1, 0.15) is 0 Å². The van der Waals surface area contributed by atoms with Gasteiger partial charge in [0.1, 0.15) is 13.2 Å². The summed E-state index contributed by atoms with van der Waals surface area (Å²) in [7, 11) is -6.10. The average Bonchev–Trinajstić information content (AvgIpc) is 2.77. The first-order valence-corrected chi connectivity index (χ1v) is 14.5. The summed E-state index contributed by atoms with van der Waals surface area (Å²) in [6, 6.07) is 0. The van der Waals surface area contributed by atoms with Gasteiger partial charge in [-0.25, -0.2) is 0 Å². The maximum absolute atomic E-state index is 6.52. The van der Waals surface area contributed by atoms with Crippen LogP contribution in [0.3, 0.4) is 0 Å². The van der Waals surface area contributed by atoms with Crippen LogP contribution in [0.4, 0.5) is 0 Å². The van der Waals surface area contributed by atoms with E-state index in [1.165, 1.54) is 0 Å². The van der Waals surface area contributed by atoms with E-state index in [2.05, 4.69) is 18.4 Å². The van der Waals surface area contributed by atoms with Crippen LogP contribution in [0.15, 0.2) is 13.5 Å². The molecule has 0 radical (unpaired) electrons. The Labute approximate surface area is 137 Å². The van der Waals surface area contributed by atoms with Gasteiger partial charge in [-0.3, -0.25) is 0 Å². The average molecular weight is 432 g/mol. The third-order valence-electron chi connectivity index (χ3n) is 2.74. The topological polar surface area (TPSA) is 104 Å². The molecule has 126 valence electrons. The SMILES string of the molecule is Cl[P@]12=N[P@]3(=N[P+]4(N=[P@](Cl)(N1)OCCO4)OCCO3)OCCO2. The van der Waals surface area contributed by atoms with Crippen LogP contribution in [0.25, 0.3) is 0 Å². The van der Waals surface area contributed by atoms with Crippen molar-refractivity contribution < 1.29 is 27.1 Å². The third kappa shape index (κ3) is 3.25. The molecule has 0 saturated carbocycles. The van der Waals surface area contributed by atoms with E-state index in [4.69, 9.17) is 49.6 Å². The predicted octanol–water partition coefficient (Wildman–Crippen LogP) is 4.72. The van der Waals surface area contributed by atoms with Gasteiger partial charge in [0.2, 0.25) is 0 Å². The molecule has 0 fully saturated rings. The van der Waals surface area contributed by atoms with E-state index in [0.29, 0.717) is 0 Å². The first-order valence-electron chi connectivity index (χ1n) is 6.31. The molecule has 0 aromatic rings. The van der Waals surface area contributed by atoms with Crippen molar-refractivity contribution in [1.29, 1.82) is 0 Å². The lowest BCUT2D eigenvalue weighted by Gasteiger charge is -2.24. The Balaban J connectivity index is 1.99. The Hall–Kier alpha value is 1.42. The van der Waals surface area contributed by atoms with E-state index < -0.39 is 29.2 Å². The van der Waals surface area contributed by atoms with Gasteiger partial charge in [0, 0.05) is 4.52 Å². The zero-order valence-corrected chi connectivity index (χ0v) is 16.2. The summed E-state index contributed by atoms with van der Waals surface area (Å²) in [6.45, 7) is -4.60. The third-order valence-corrected chi connectivity index (χ3v) is 16.5. The quantitative estimate of drug-likeness (QED) is 0.553. The Kier molecular flexibility index (Phi) is 4.60. The van der Waals surface area contributed by atoms with E-state index in [9.17, 15) is 0 Å². The summed E-state index contributed by atoms with van der Waals surface area (Å²) in [5, 5.41) is 0. The van der Waals surface area contributed by atoms with Gasteiger partial charge >= 0.3 is 15.7 Å². The normalized spacial score (nSPS) is 51.5. The molecule has 0 aromatic carbocycles. The highest BCUT2D eigenvalue weighted by Crippen LogP contribution is 2.85. The smallest absolute Gasteiger partial charge is 0.318 e. The van der Waals surface area contributed by atoms with Crippen LogP contribution < -0.4 is 4.86 Å². The van der Waals surface area contributed by atoms with Gasteiger partial charge < -0.3 is 18.1 Å². The molecule has 0 saturated heterocycles. The molecule has 0 amide bonds. The van der Waals surface area contributed by atoms with Crippen molar-refractivity contribution in [2.24, 2.45) is 13.5 Å². The van der Waals surface area contributed by atoms with Crippen LogP contribution in [-0.2, 0) is 27.1 Å². The standard InChI is InChI=1S/C6H13Cl2N4O6P4/c7-19-9-20(8)11-22(16-4-2-14-20)12-21(10-19,15-3-1-13-19)17-5-6-18-22/h9H,1-6H2/q+1/t19-,20+,21+,22?/m1/s1. The summed E-state index contributed by atoms with van der Waals surface area (Å²) >= 11 is 13.0. The highest BCUT2D eigenvalue weighted by atomic mass is 35.7. The van der Waals surface area contributed by atoms with Gasteiger partial charge in [-0.05, 0) is 27.0 Å². The minimum absolute atomic E-state index is 0.235. The van der Waals surface area contributed by atoms with Crippen LogP contribution in [-0.4, -0.2) is 39.6 Å². The van der Waals surface area contributed by atoms with Crippen molar-refractivity contribution >= 4 is 51.7 Å². The summed E-state index contributed by atoms with van der Waals surface area (Å²) in [5.74, 6) is 0. The molecule has 0 aliphatic carbocycles. The number of nitrogens with zero attached hydrogens (tertiary/aromatic N) is 3. The Bertz CT molecular complexity index is 651. The van der Waals surface area contributed by atoms with E-state index in [1.54, 1.807) is 0 Å². The first kappa shape index (κ1) is 16.9. The molecule has 16 heteroatoms. The van der Waals surface area contributed by atoms with E-state index in [-0.39, 0.29) is 39.6 Å². The molecule has 4 aliphatic rings. The predicted molar refractivity (Wildman–Crippen MR) is 85.5 cm³/mol. The zero-order valence-electron chi connectivity index (χ0n) is 11.1. The summed E-state index contributed by atoms with van der Waals surface area (Å²) in [5.41, 5.74) is 0. The van der Waals surface area contributed by atoms with Crippen molar-refractivity contribution in [2.75, 3.05) is 39.6 Å². The fourth-order valence-electron chi connectivity index (χ4n) is 1.99. The van der Waals surface area contributed by atoms with Gasteiger partial charge in [0.25, 0.3) is 13.6 Å². The first-order chi connectivity index (χ1) is 10.4. The zero-order chi connectivity index (χ0) is 15.3. The van der Waals surface area contributed by atoms with Crippen molar-refractivity contribution in [3.63, 3.8) is 0 Å². The van der Waals surface area contributed by atoms with Crippen molar-refractivity contribution in [1.82, 2.24) is 4.86 Å². The van der Waals surface area contributed by atoms with Crippen molar-refractivity contribution in [2.45, 2.75) is 0 Å². The van der Waals surface area contributed by atoms with Crippen molar-refractivity contribution in [3.05, 3.63) is 0 Å². The molecule has 10 nitrogen and oxygen atoms in total. The molecular weight excluding hydrogens is 419 g/mol. The second-order valence-corrected chi connectivity index (χ2v) is 15.6. The Morgan fingerprint density at radius 3 is 2.14 bits per heavy atom. The molecule has 0 aromatic heterocycles. The minimum Gasteiger partial charge on any atom is -0.318 e. The fraction of sp³-hybridized carbons (Fsp3) is 1.00. The molecule has 2 spiro atoms. The van der Waals surface area contributed by atoms with E-state index in [0.717, 1.165) is 0 Å². The number of hydrogen-bond donors (Lipinski definition) is 1. The molecule has 4 aliphatic heterocycles. The number of nitrogens with one attached hydrogen (secondary N) is 1. The lowest BCUT2D eigenvalue weighted by molar-refractivity contribution is 0.173. The number of rotatable bonds is 0. The molecule has 22 heavy (non-hydrogen) atoms. The van der Waals surface area contributed by atoms with Crippen molar-refractivity contribution in [3.8, 4) is 0 Å². The molecular formula is C6H13Cl2N4O6P4+. The number of hydrogen-bond acceptors (Lipinski definition) is 10. The lowest BCUT2D eigenvalue weighted by Crippen LogP contribution is -2.07. The van der Waals surface area contributed by atoms with Gasteiger partial charge in [-0.15, -0.1) is 0 Å². The second-order valence-electron chi connectivity index (χ2n) is 4.35. The Morgan fingerprint density at radius 2 is 1.36 bits per heavy atom. The largest absolute Gasteiger partial charge is 0.540 e. The van der Waals surface area contributed by atoms with Gasteiger partial charge in [-0.2, -0.15) is 18.4 Å². The van der Waals surface area contributed by atoms with Gasteiger partial charge in [0.15, 0.2) is 0 Å². The summed E-state index contributed by atoms with van der Waals surface area (Å²) < 4.78 is 47.7. The fourth-order valence-corrected chi connectivity index (χ4v) is 17.4. The molecule has 1 N–H and O–H groups in total.